The van der Waals surface area contributed by atoms with E-state index in [1.807, 2.05) is 42.5 Å². The number of nitrogens with zero attached hydrogens (tertiary/aromatic N) is 2. The number of thioether (sulfide) groups is 1. The molecule has 2 aromatic carbocycles. The zero-order valence-electron chi connectivity index (χ0n) is 11.9. The van der Waals surface area contributed by atoms with Gasteiger partial charge in [0.05, 0.1) is 12.0 Å². The average Bonchev–Trinajstić information content (AvgIpc) is 2.98. The molecule has 1 heterocycles. The molecule has 0 aliphatic rings. The van der Waals surface area contributed by atoms with Crippen LogP contribution in [0.4, 0.5) is 0 Å². The summed E-state index contributed by atoms with van der Waals surface area (Å²) < 4.78 is 5.52. The summed E-state index contributed by atoms with van der Waals surface area (Å²) in [4.78, 5) is 16.0. The van der Waals surface area contributed by atoms with Crippen molar-refractivity contribution in [1.29, 1.82) is 0 Å². The Bertz CT molecular complexity index is 830. The molecule has 116 valence electrons. The van der Waals surface area contributed by atoms with Crippen LogP contribution in [0.5, 0.6) is 0 Å². The Kier molecular flexibility index (Phi) is 4.95. The molecule has 0 atom stereocenters. The zero-order valence-corrected chi connectivity index (χ0v) is 13.5. The average molecular weight is 346 g/mol. The Morgan fingerprint density at radius 3 is 2.87 bits per heavy atom. The van der Waals surface area contributed by atoms with Crippen molar-refractivity contribution >= 4 is 46.6 Å². The normalized spacial score (nSPS) is 11.2. The lowest BCUT2D eigenvalue weighted by molar-refractivity contribution is -0.118. The van der Waals surface area contributed by atoms with Crippen LogP contribution in [0.3, 0.4) is 0 Å². The van der Waals surface area contributed by atoms with Gasteiger partial charge in [-0.25, -0.2) is 10.4 Å². The molecule has 7 heteroatoms. The first-order valence-corrected chi connectivity index (χ1v) is 8.13. The number of benzene rings is 2. The number of carbonyl (C=O) groups excluding carboxylic acids is 1. The van der Waals surface area contributed by atoms with Crippen molar-refractivity contribution in [2.24, 2.45) is 5.10 Å². The van der Waals surface area contributed by atoms with Crippen molar-refractivity contribution in [2.75, 3.05) is 5.75 Å². The highest BCUT2D eigenvalue weighted by atomic mass is 35.5. The van der Waals surface area contributed by atoms with E-state index in [2.05, 4.69) is 15.5 Å². The number of halogens is 1. The number of hydrazone groups is 1. The number of fused-ring (bicyclic) bond motifs is 1. The lowest BCUT2D eigenvalue weighted by Crippen LogP contribution is -2.19. The quantitative estimate of drug-likeness (QED) is 0.434. The van der Waals surface area contributed by atoms with Crippen molar-refractivity contribution in [3.05, 3.63) is 59.1 Å². The van der Waals surface area contributed by atoms with Crippen LogP contribution in [-0.2, 0) is 4.79 Å². The summed E-state index contributed by atoms with van der Waals surface area (Å²) in [7, 11) is 0. The minimum Gasteiger partial charge on any atom is -0.431 e. The molecule has 3 rings (SSSR count). The fraction of sp³-hybridized carbons (Fsp3) is 0.0625. The van der Waals surface area contributed by atoms with Gasteiger partial charge in [-0.3, -0.25) is 4.79 Å². The topological polar surface area (TPSA) is 67.5 Å². The van der Waals surface area contributed by atoms with E-state index < -0.39 is 0 Å². The molecule has 1 N–H and O–H groups in total. The van der Waals surface area contributed by atoms with Crippen LogP contribution in [0, 0.1) is 0 Å². The highest BCUT2D eigenvalue weighted by Gasteiger charge is 2.08. The second-order valence-electron chi connectivity index (χ2n) is 4.55. The molecule has 0 aliphatic heterocycles. The lowest BCUT2D eigenvalue weighted by atomic mass is 10.2. The zero-order chi connectivity index (χ0) is 16.1. The number of oxazole rings is 1. The molecule has 3 aromatic rings. The lowest BCUT2D eigenvalue weighted by Gasteiger charge is -1.98. The second-order valence-corrected chi connectivity index (χ2v) is 5.88. The standard InChI is InChI=1S/C16H12ClN3O2S/c17-12-6-2-1-5-11(12)9-18-20-15(21)10-23-16-19-13-7-3-4-8-14(13)22-16/h1-9H,10H2,(H,20,21). The third kappa shape index (κ3) is 4.12. The van der Waals surface area contributed by atoms with Gasteiger partial charge in [-0.05, 0) is 18.2 Å². The summed E-state index contributed by atoms with van der Waals surface area (Å²) in [6.45, 7) is 0. The van der Waals surface area contributed by atoms with E-state index in [0.29, 0.717) is 15.8 Å². The van der Waals surface area contributed by atoms with Crippen molar-refractivity contribution in [2.45, 2.75) is 5.22 Å². The van der Waals surface area contributed by atoms with Crippen LogP contribution >= 0.6 is 23.4 Å². The molecule has 23 heavy (non-hydrogen) atoms. The number of rotatable bonds is 5. The third-order valence-electron chi connectivity index (χ3n) is 2.90. The molecule has 0 aliphatic carbocycles. The smallest absolute Gasteiger partial charge is 0.257 e. The van der Waals surface area contributed by atoms with Gasteiger partial charge in [0, 0.05) is 10.6 Å². The first kappa shape index (κ1) is 15.6. The Balaban J connectivity index is 1.52. The summed E-state index contributed by atoms with van der Waals surface area (Å²) in [5, 5.41) is 4.91. The van der Waals surface area contributed by atoms with Crippen LogP contribution in [0.25, 0.3) is 11.1 Å². The fourth-order valence-corrected chi connectivity index (χ4v) is 2.64. The van der Waals surface area contributed by atoms with Gasteiger partial charge >= 0.3 is 0 Å². The molecule has 1 amide bonds. The second kappa shape index (κ2) is 7.30. The largest absolute Gasteiger partial charge is 0.431 e. The van der Waals surface area contributed by atoms with Crippen LogP contribution in [0.15, 0.2) is 63.3 Å². The molecule has 0 spiro atoms. The summed E-state index contributed by atoms with van der Waals surface area (Å²) >= 11 is 7.20. The summed E-state index contributed by atoms with van der Waals surface area (Å²) in [6, 6.07) is 14.7. The van der Waals surface area contributed by atoms with Gasteiger partial charge in [0.15, 0.2) is 5.58 Å². The minimum atomic E-state index is -0.249. The van der Waals surface area contributed by atoms with Crippen molar-refractivity contribution in [3.63, 3.8) is 0 Å². The van der Waals surface area contributed by atoms with Crippen molar-refractivity contribution in [1.82, 2.24) is 10.4 Å². The molecule has 0 saturated carbocycles. The Morgan fingerprint density at radius 1 is 1.26 bits per heavy atom. The van der Waals surface area contributed by atoms with E-state index in [-0.39, 0.29) is 11.7 Å². The SMILES string of the molecule is O=C(CSc1nc2ccccc2o1)NN=Cc1ccccc1Cl. The highest BCUT2D eigenvalue weighted by molar-refractivity contribution is 7.99. The third-order valence-corrected chi connectivity index (χ3v) is 4.07. The number of carbonyl (C=O) groups is 1. The van der Waals surface area contributed by atoms with Gasteiger partial charge in [-0.2, -0.15) is 5.10 Å². The number of nitrogens with one attached hydrogen (secondary N) is 1. The first-order valence-electron chi connectivity index (χ1n) is 6.77. The Labute approximate surface area is 141 Å². The number of aromatic nitrogens is 1. The number of amides is 1. The van der Waals surface area contributed by atoms with Crippen molar-refractivity contribution < 1.29 is 9.21 Å². The van der Waals surface area contributed by atoms with E-state index in [0.717, 1.165) is 11.1 Å². The predicted octanol–water partition coefficient (Wildman–Crippen LogP) is 3.72. The molecular weight excluding hydrogens is 334 g/mol. The summed E-state index contributed by atoms with van der Waals surface area (Å²) in [5.74, 6) is -0.0901. The summed E-state index contributed by atoms with van der Waals surface area (Å²) in [5.41, 5.74) is 4.65. The molecular formula is C16H12ClN3O2S. The molecule has 0 fully saturated rings. The van der Waals surface area contributed by atoms with E-state index in [4.69, 9.17) is 16.0 Å². The fourth-order valence-electron chi connectivity index (χ4n) is 1.83. The maximum atomic E-state index is 11.8. The van der Waals surface area contributed by atoms with E-state index in [9.17, 15) is 4.79 Å². The monoisotopic (exact) mass is 345 g/mol. The molecule has 0 unspecified atom stereocenters. The van der Waals surface area contributed by atoms with Gasteiger partial charge in [0.1, 0.15) is 5.52 Å². The maximum Gasteiger partial charge on any atom is 0.257 e. The first-order chi connectivity index (χ1) is 11.2. The van der Waals surface area contributed by atoms with Gasteiger partial charge in [0.2, 0.25) is 0 Å². The van der Waals surface area contributed by atoms with Gasteiger partial charge in [-0.1, -0.05) is 53.7 Å². The van der Waals surface area contributed by atoms with Gasteiger partial charge in [-0.15, -0.1) is 0 Å². The van der Waals surface area contributed by atoms with E-state index in [1.165, 1.54) is 18.0 Å². The molecule has 0 bridgehead atoms. The van der Waals surface area contributed by atoms with E-state index in [1.54, 1.807) is 6.07 Å². The van der Waals surface area contributed by atoms with Crippen molar-refractivity contribution in [3.8, 4) is 0 Å². The number of hydrogen-bond donors (Lipinski definition) is 1. The van der Waals surface area contributed by atoms with E-state index >= 15 is 0 Å². The molecule has 5 nitrogen and oxygen atoms in total. The van der Waals surface area contributed by atoms with Gasteiger partial charge in [0.25, 0.3) is 11.1 Å². The van der Waals surface area contributed by atoms with Crippen LogP contribution in [-0.4, -0.2) is 22.9 Å². The van der Waals surface area contributed by atoms with Crippen LogP contribution in [0.1, 0.15) is 5.56 Å². The number of para-hydroxylation sites is 2. The minimum absolute atomic E-state index is 0.159. The summed E-state index contributed by atoms with van der Waals surface area (Å²) in [6.07, 6.45) is 1.50. The Morgan fingerprint density at radius 2 is 2.04 bits per heavy atom. The van der Waals surface area contributed by atoms with Crippen LogP contribution < -0.4 is 5.43 Å². The highest BCUT2D eigenvalue weighted by Crippen LogP contribution is 2.22. The van der Waals surface area contributed by atoms with Gasteiger partial charge < -0.3 is 4.42 Å². The Hall–Kier alpha value is -2.31. The predicted molar refractivity (Wildman–Crippen MR) is 91.9 cm³/mol. The molecule has 0 radical (unpaired) electrons. The molecule has 0 saturated heterocycles. The number of hydrogen-bond acceptors (Lipinski definition) is 5. The maximum absolute atomic E-state index is 11.8. The van der Waals surface area contributed by atoms with Crippen LogP contribution in [0.2, 0.25) is 5.02 Å². The molecule has 1 aromatic heterocycles.